The van der Waals surface area contributed by atoms with Gasteiger partial charge in [-0.2, -0.15) is 0 Å². The summed E-state index contributed by atoms with van der Waals surface area (Å²) in [5.41, 5.74) is 10.5. The van der Waals surface area contributed by atoms with Crippen molar-refractivity contribution in [3.63, 3.8) is 0 Å². The van der Waals surface area contributed by atoms with E-state index in [1.807, 2.05) is 32.0 Å². The number of pyridine rings is 1. The lowest BCUT2D eigenvalue weighted by atomic mass is 9.97. The summed E-state index contributed by atoms with van der Waals surface area (Å²) in [6.07, 6.45) is 0.813. The Bertz CT molecular complexity index is 558. The zero-order valence-corrected chi connectivity index (χ0v) is 10.4. The van der Waals surface area contributed by atoms with E-state index in [2.05, 4.69) is 23.7 Å². The lowest BCUT2D eigenvalue weighted by Gasteiger charge is -2.15. The van der Waals surface area contributed by atoms with Crippen molar-refractivity contribution in [3.05, 3.63) is 53.7 Å². The lowest BCUT2D eigenvalue weighted by Crippen LogP contribution is -2.11. The molecule has 2 nitrogen and oxygen atoms in total. The van der Waals surface area contributed by atoms with E-state index in [-0.39, 0.29) is 6.04 Å². The zero-order chi connectivity index (χ0) is 12.4. The Morgan fingerprint density at radius 3 is 2.82 bits per heavy atom. The highest BCUT2D eigenvalue weighted by Crippen LogP contribution is 2.26. The van der Waals surface area contributed by atoms with Crippen LogP contribution in [-0.2, 0) is 0 Å². The summed E-state index contributed by atoms with van der Waals surface area (Å²) < 4.78 is 0. The fraction of sp³-hybridized carbons (Fsp3) is 0.267. The van der Waals surface area contributed by atoms with Crippen LogP contribution >= 0.6 is 0 Å². The second-order valence-electron chi connectivity index (χ2n) is 4.64. The average Bonchev–Trinajstić information content (AvgIpc) is 2.26. The molecule has 1 aromatic heterocycles. The SMILES string of the molecule is C=C(C)CC(N)c1cc(C)nc2ccccc12. The molecule has 0 amide bonds. The Morgan fingerprint density at radius 2 is 2.12 bits per heavy atom. The number of fused-ring (bicyclic) bond motifs is 1. The molecule has 0 spiro atoms. The van der Waals surface area contributed by atoms with Gasteiger partial charge in [-0.3, -0.25) is 4.98 Å². The lowest BCUT2D eigenvalue weighted by molar-refractivity contribution is 0.721. The summed E-state index contributed by atoms with van der Waals surface area (Å²) in [5.74, 6) is 0. The molecule has 2 N–H and O–H groups in total. The van der Waals surface area contributed by atoms with E-state index < -0.39 is 0 Å². The molecule has 1 atom stereocenters. The maximum atomic E-state index is 6.24. The molecule has 0 saturated carbocycles. The minimum atomic E-state index is -0.000833. The van der Waals surface area contributed by atoms with Gasteiger partial charge in [-0.05, 0) is 38.0 Å². The van der Waals surface area contributed by atoms with E-state index in [1.165, 1.54) is 0 Å². The van der Waals surface area contributed by atoms with Crippen LogP contribution in [0.25, 0.3) is 10.9 Å². The van der Waals surface area contributed by atoms with Crippen LogP contribution in [0.15, 0.2) is 42.5 Å². The van der Waals surface area contributed by atoms with Crippen LogP contribution in [0.2, 0.25) is 0 Å². The molecule has 1 aromatic carbocycles. The quantitative estimate of drug-likeness (QED) is 0.813. The molecular weight excluding hydrogens is 208 g/mol. The Morgan fingerprint density at radius 1 is 1.41 bits per heavy atom. The van der Waals surface area contributed by atoms with Crippen molar-refractivity contribution in [2.75, 3.05) is 0 Å². The van der Waals surface area contributed by atoms with Crippen molar-refractivity contribution in [2.45, 2.75) is 26.3 Å². The van der Waals surface area contributed by atoms with E-state index in [0.29, 0.717) is 0 Å². The predicted octanol–water partition coefficient (Wildman–Crippen LogP) is 3.51. The maximum Gasteiger partial charge on any atom is 0.0708 e. The van der Waals surface area contributed by atoms with Gasteiger partial charge in [0.1, 0.15) is 0 Å². The average molecular weight is 226 g/mol. The van der Waals surface area contributed by atoms with E-state index in [9.17, 15) is 0 Å². The molecule has 0 saturated heterocycles. The van der Waals surface area contributed by atoms with Crippen LogP contribution in [0.5, 0.6) is 0 Å². The summed E-state index contributed by atoms with van der Waals surface area (Å²) in [7, 11) is 0. The largest absolute Gasteiger partial charge is 0.324 e. The molecular formula is C15H18N2. The zero-order valence-electron chi connectivity index (χ0n) is 10.4. The number of nitrogens with zero attached hydrogens (tertiary/aromatic N) is 1. The fourth-order valence-corrected chi connectivity index (χ4v) is 2.13. The minimum absolute atomic E-state index is 0.000833. The van der Waals surface area contributed by atoms with Crippen molar-refractivity contribution in [1.82, 2.24) is 4.98 Å². The van der Waals surface area contributed by atoms with Gasteiger partial charge >= 0.3 is 0 Å². The molecule has 0 aliphatic rings. The van der Waals surface area contributed by atoms with Crippen molar-refractivity contribution < 1.29 is 0 Å². The van der Waals surface area contributed by atoms with Crippen molar-refractivity contribution in [1.29, 1.82) is 0 Å². The Hall–Kier alpha value is -1.67. The third-order valence-corrected chi connectivity index (χ3v) is 2.84. The van der Waals surface area contributed by atoms with Crippen molar-refractivity contribution in [3.8, 4) is 0 Å². The number of aromatic nitrogens is 1. The van der Waals surface area contributed by atoms with Crippen LogP contribution in [0.4, 0.5) is 0 Å². The normalized spacial score (nSPS) is 12.6. The Balaban J connectivity index is 2.55. The highest BCUT2D eigenvalue weighted by atomic mass is 14.7. The molecule has 1 heterocycles. The van der Waals surface area contributed by atoms with Gasteiger partial charge in [-0.15, -0.1) is 6.58 Å². The van der Waals surface area contributed by atoms with Crippen molar-refractivity contribution >= 4 is 10.9 Å². The summed E-state index contributed by atoms with van der Waals surface area (Å²) in [6, 6.07) is 10.2. The van der Waals surface area contributed by atoms with Gasteiger partial charge in [-0.1, -0.05) is 23.8 Å². The molecule has 88 valence electrons. The molecule has 2 aromatic rings. The molecule has 0 bridgehead atoms. The fourth-order valence-electron chi connectivity index (χ4n) is 2.13. The molecule has 2 rings (SSSR count). The molecule has 17 heavy (non-hydrogen) atoms. The third kappa shape index (κ3) is 2.53. The van der Waals surface area contributed by atoms with E-state index in [0.717, 1.165) is 34.2 Å². The van der Waals surface area contributed by atoms with Gasteiger partial charge in [0, 0.05) is 17.1 Å². The highest BCUT2D eigenvalue weighted by Gasteiger charge is 2.11. The first kappa shape index (κ1) is 11.8. The number of hydrogen-bond acceptors (Lipinski definition) is 2. The van der Waals surface area contributed by atoms with Crippen LogP contribution < -0.4 is 5.73 Å². The summed E-state index contributed by atoms with van der Waals surface area (Å²) in [4.78, 5) is 4.52. The molecule has 0 radical (unpaired) electrons. The monoisotopic (exact) mass is 226 g/mol. The second kappa shape index (κ2) is 4.68. The first-order valence-electron chi connectivity index (χ1n) is 5.84. The molecule has 0 aliphatic heterocycles. The minimum Gasteiger partial charge on any atom is -0.324 e. The number of nitrogens with two attached hydrogens (primary N) is 1. The van der Waals surface area contributed by atoms with Gasteiger partial charge < -0.3 is 5.73 Å². The second-order valence-corrected chi connectivity index (χ2v) is 4.64. The molecule has 0 aliphatic carbocycles. The standard InChI is InChI=1S/C15H18N2/c1-10(2)8-14(16)13-9-11(3)17-15-7-5-4-6-12(13)15/h4-7,9,14H,1,8,16H2,2-3H3. The predicted molar refractivity (Wildman–Crippen MR) is 72.8 cm³/mol. The van der Waals surface area contributed by atoms with Crippen LogP contribution in [-0.4, -0.2) is 4.98 Å². The molecule has 2 heteroatoms. The van der Waals surface area contributed by atoms with Gasteiger partial charge in [0.2, 0.25) is 0 Å². The van der Waals surface area contributed by atoms with E-state index >= 15 is 0 Å². The van der Waals surface area contributed by atoms with Gasteiger partial charge in [0.05, 0.1) is 5.52 Å². The maximum absolute atomic E-state index is 6.24. The van der Waals surface area contributed by atoms with Gasteiger partial charge in [-0.25, -0.2) is 0 Å². The van der Waals surface area contributed by atoms with E-state index in [1.54, 1.807) is 0 Å². The number of para-hydroxylation sites is 1. The molecule has 0 fully saturated rings. The number of hydrogen-bond donors (Lipinski definition) is 1. The smallest absolute Gasteiger partial charge is 0.0708 e. The Labute approximate surface area is 102 Å². The van der Waals surface area contributed by atoms with E-state index in [4.69, 9.17) is 5.73 Å². The first-order valence-corrected chi connectivity index (χ1v) is 5.84. The summed E-state index contributed by atoms with van der Waals surface area (Å²) in [6.45, 7) is 7.94. The number of rotatable bonds is 3. The molecule has 1 unspecified atom stereocenters. The first-order chi connectivity index (χ1) is 8.08. The van der Waals surface area contributed by atoms with Crippen LogP contribution in [0.1, 0.15) is 30.6 Å². The number of benzene rings is 1. The summed E-state index contributed by atoms with van der Waals surface area (Å²) in [5, 5.41) is 1.15. The summed E-state index contributed by atoms with van der Waals surface area (Å²) >= 11 is 0. The highest BCUT2D eigenvalue weighted by molar-refractivity contribution is 5.82. The number of aryl methyl sites for hydroxylation is 1. The van der Waals surface area contributed by atoms with Crippen LogP contribution in [0.3, 0.4) is 0 Å². The third-order valence-electron chi connectivity index (χ3n) is 2.84. The van der Waals surface area contributed by atoms with Crippen molar-refractivity contribution in [2.24, 2.45) is 5.73 Å². The topological polar surface area (TPSA) is 38.9 Å². The van der Waals surface area contributed by atoms with Crippen LogP contribution in [0, 0.1) is 6.92 Å². The van der Waals surface area contributed by atoms with Gasteiger partial charge in [0.25, 0.3) is 0 Å². The van der Waals surface area contributed by atoms with Gasteiger partial charge in [0.15, 0.2) is 0 Å². The Kier molecular flexibility index (Phi) is 3.25.